The number of piperazine rings is 1. The third kappa shape index (κ3) is 3.42. The molecule has 3 nitrogen and oxygen atoms in total. The minimum absolute atomic E-state index is 0.126. The highest BCUT2D eigenvalue weighted by Gasteiger charge is 2.23. The van der Waals surface area contributed by atoms with Crippen LogP contribution >= 0.6 is 38.9 Å². The van der Waals surface area contributed by atoms with Crippen molar-refractivity contribution >= 4 is 50.5 Å². The van der Waals surface area contributed by atoms with Gasteiger partial charge in [-0.15, -0.1) is 11.3 Å². The normalized spacial score (nSPS) is 15.3. The second-order valence-corrected chi connectivity index (χ2v) is 7.76. The number of nitrogens with zero attached hydrogens (tertiary/aromatic N) is 2. The van der Waals surface area contributed by atoms with E-state index >= 15 is 0 Å². The van der Waals surface area contributed by atoms with E-state index in [4.69, 9.17) is 11.6 Å². The highest BCUT2D eigenvalue weighted by atomic mass is 79.9. The Bertz CT molecular complexity index is 635. The summed E-state index contributed by atoms with van der Waals surface area (Å²) in [5.41, 5.74) is 1.16. The maximum Gasteiger partial charge on any atom is 0.264 e. The number of halogens is 2. The van der Waals surface area contributed by atoms with Gasteiger partial charge in [0.05, 0.1) is 8.66 Å². The van der Waals surface area contributed by atoms with Crippen LogP contribution in [0.4, 0.5) is 5.69 Å². The topological polar surface area (TPSA) is 23.6 Å². The first kappa shape index (κ1) is 14.9. The van der Waals surface area contributed by atoms with Gasteiger partial charge in [0.15, 0.2) is 0 Å². The summed E-state index contributed by atoms with van der Waals surface area (Å²) < 4.78 is 0.991. The molecule has 1 aromatic carbocycles. The standard InChI is InChI=1S/C15H14BrClN2OS/c16-14-6-5-13(21-14)15(20)19-9-7-18(8-10-19)12-3-1-11(17)2-4-12/h1-6H,7-10H2. The number of hydrogen-bond acceptors (Lipinski definition) is 3. The molecular formula is C15H14BrClN2OS. The summed E-state index contributed by atoms with van der Waals surface area (Å²) in [7, 11) is 0. The van der Waals surface area contributed by atoms with Crippen molar-refractivity contribution < 1.29 is 4.79 Å². The molecule has 2 aromatic rings. The maximum atomic E-state index is 12.4. The van der Waals surface area contributed by atoms with Crippen LogP contribution in [0.25, 0.3) is 0 Å². The Morgan fingerprint density at radius 1 is 1.05 bits per heavy atom. The summed E-state index contributed by atoms with van der Waals surface area (Å²) in [4.78, 5) is 17.4. The third-order valence-corrected chi connectivity index (χ3v) is 5.41. The second kappa shape index (κ2) is 6.38. The minimum atomic E-state index is 0.126. The van der Waals surface area contributed by atoms with Gasteiger partial charge in [-0.1, -0.05) is 11.6 Å². The molecule has 1 saturated heterocycles. The Hall–Kier alpha value is -1.04. The highest BCUT2D eigenvalue weighted by molar-refractivity contribution is 9.11. The molecular weight excluding hydrogens is 372 g/mol. The fourth-order valence-corrected chi connectivity index (χ4v) is 3.88. The van der Waals surface area contributed by atoms with E-state index in [1.165, 1.54) is 11.3 Å². The molecule has 3 rings (SSSR count). The van der Waals surface area contributed by atoms with Crippen LogP contribution in [0.1, 0.15) is 9.67 Å². The molecule has 21 heavy (non-hydrogen) atoms. The Morgan fingerprint density at radius 2 is 1.71 bits per heavy atom. The van der Waals surface area contributed by atoms with Crippen molar-refractivity contribution in [3.05, 3.63) is 50.1 Å². The van der Waals surface area contributed by atoms with Crippen LogP contribution < -0.4 is 4.90 Å². The van der Waals surface area contributed by atoms with Crippen molar-refractivity contribution in [3.63, 3.8) is 0 Å². The van der Waals surface area contributed by atoms with Crippen LogP contribution in [0.3, 0.4) is 0 Å². The van der Waals surface area contributed by atoms with Gasteiger partial charge in [0, 0.05) is 36.9 Å². The van der Waals surface area contributed by atoms with E-state index in [0.29, 0.717) is 0 Å². The first-order valence-electron chi connectivity index (χ1n) is 6.68. The molecule has 1 fully saturated rings. The summed E-state index contributed by atoms with van der Waals surface area (Å²) in [6.07, 6.45) is 0. The zero-order chi connectivity index (χ0) is 14.8. The second-order valence-electron chi connectivity index (χ2n) is 4.86. The molecule has 0 saturated carbocycles. The zero-order valence-electron chi connectivity index (χ0n) is 11.3. The third-order valence-electron chi connectivity index (χ3n) is 3.54. The van der Waals surface area contributed by atoms with Crippen molar-refractivity contribution in [2.75, 3.05) is 31.1 Å². The maximum absolute atomic E-state index is 12.4. The van der Waals surface area contributed by atoms with E-state index in [2.05, 4.69) is 20.8 Å². The zero-order valence-corrected chi connectivity index (χ0v) is 14.4. The molecule has 1 aliphatic rings. The summed E-state index contributed by atoms with van der Waals surface area (Å²) in [5, 5.41) is 0.746. The minimum Gasteiger partial charge on any atom is -0.368 e. The van der Waals surface area contributed by atoms with E-state index in [-0.39, 0.29) is 5.91 Å². The van der Waals surface area contributed by atoms with E-state index in [1.807, 2.05) is 41.3 Å². The Labute approximate surface area is 141 Å². The van der Waals surface area contributed by atoms with Gasteiger partial charge >= 0.3 is 0 Å². The Kier molecular flexibility index (Phi) is 4.52. The predicted molar refractivity (Wildman–Crippen MR) is 91.6 cm³/mol. The number of carbonyl (C=O) groups excluding carboxylic acids is 1. The van der Waals surface area contributed by atoms with Gasteiger partial charge in [0.25, 0.3) is 5.91 Å². The first-order valence-corrected chi connectivity index (χ1v) is 8.67. The number of benzene rings is 1. The first-order chi connectivity index (χ1) is 10.1. The van der Waals surface area contributed by atoms with Crippen molar-refractivity contribution in [2.45, 2.75) is 0 Å². The Balaban J connectivity index is 1.62. The average Bonchev–Trinajstić information content (AvgIpc) is 2.94. The SMILES string of the molecule is O=C(c1ccc(Br)s1)N1CCN(c2ccc(Cl)cc2)CC1. The molecule has 0 aliphatic carbocycles. The molecule has 1 amide bonds. The van der Waals surface area contributed by atoms with Gasteiger partial charge in [0.1, 0.15) is 0 Å². The number of hydrogen-bond donors (Lipinski definition) is 0. The van der Waals surface area contributed by atoms with E-state index < -0.39 is 0 Å². The van der Waals surface area contributed by atoms with Gasteiger partial charge in [-0.3, -0.25) is 4.79 Å². The number of anilines is 1. The highest BCUT2D eigenvalue weighted by Crippen LogP contribution is 2.24. The molecule has 0 radical (unpaired) electrons. The molecule has 0 spiro atoms. The molecule has 1 aromatic heterocycles. The van der Waals surface area contributed by atoms with Crippen LogP contribution in [0.2, 0.25) is 5.02 Å². The predicted octanol–water partition coefficient (Wildman–Crippen LogP) is 4.13. The molecule has 110 valence electrons. The van der Waals surface area contributed by atoms with Crippen molar-refractivity contribution in [1.29, 1.82) is 0 Å². The quantitative estimate of drug-likeness (QED) is 0.776. The average molecular weight is 386 g/mol. The fourth-order valence-electron chi connectivity index (χ4n) is 2.40. The molecule has 1 aliphatic heterocycles. The van der Waals surface area contributed by atoms with Crippen LogP contribution in [-0.2, 0) is 0 Å². The molecule has 0 N–H and O–H groups in total. The largest absolute Gasteiger partial charge is 0.368 e. The summed E-state index contributed by atoms with van der Waals surface area (Å²) in [6.45, 7) is 3.19. The lowest BCUT2D eigenvalue weighted by molar-refractivity contribution is 0.0751. The van der Waals surface area contributed by atoms with Crippen LogP contribution in [-0.4, -0.2) is 37.0 Å². The number of amides is 1. The van der Waals surface area contributed by atoms with E-state index in [1.54, 1.807) is 0 Å². The summed E-state index contributed by atoms with van der Waals surface area (Å²) >= 11 is 10.8. The van der Waals surface area contributed by atoms with E-state index in [0.717, 1.165) is 45.6 Å². The molecule has 2 heterocycles. The van der Waals surface area contributed by atoms with Crippen molar-refractivity contribution in [2.24, 2.45) is 0 Å². The number of carbonyl (C=O) groups is 1. The lowest BCUT2D eigenvalue weighted by atomic mass is 10.2. The molecule has 0 bridgehead atoms. The number of rotatable bonds is 2. The lowest BCUT2D eigenvalue weighted by Crippen LogP contribution is -2.48. The van der Waals surface area contributed by atoms with Crippen molar-refractivity contribution in [3.8, 4) is 0 Å². The Morgan fingerprint density at radius 3 is 2.29 bits per heavy atom. The van der Waals surface area contributed by atoms with Crippen LogP contribution in [0.15, 0.2) is 40.2 Å². The molecule has 0 unspecified atom stereocenters. The summed E-state index contributed by atoms with van der Waals surface area (Å²) in [6, 6.07) is 11.6. The van der Waals surface area contributed by atoms with Gasteiger partial charge in [0.2, 0.25) is 0 Å². The van der Waals surface area contributed by atoms with Gasteiger partial charge in [-0.05, 0) is 52.3 Å². The smallest absolute Gasteiger partial charge is 0.264 e. The molecule has 0 atom stereocenters. The monoisotopic (exact) mass is 384 g/mol. The van der Waals surface area contributed by atoms with E-state index in [9.17, 15) is 4.79 Å². The molecule has 6 heteroatoms. The van der Waals surface area contributed by atoms with Gasteiger partial charge < -0.3 is 9.80 Å². The van der Waals surface area contributed by atoms with Crippen LogP contribution in [0.5, 0.6) is 0 Å². The summed E-state index contributed by atoms with van der Waals surface area (Å²) in [5.74, 6) is 0.126. The van der Waals surface area contributed by atoms with Gasteiger partial charge in [-0.2, -0.15) is 0 Å². The lowest BCUT2D eigenvalue weighted by Gasteiger charge is -2.36. The number of thiophene rings is 1. The fraction of sp³-hybridized carbons (Fsp3) is 0.267. The van der Waals surface area contributed by atoms with Crippen molar-refractivity contribution in [1.82, 2.24) is 4.90 Å². The van der Waals surface area contributed by atoms with Crippen LogP contribution in [0, 0.1) is 0 Å². The van der Waals surface area contributed by atoms with Gasteiger partial charge in [-0.25, -0.2) is 0 Å².